The van der Waals surface area contributed by atoms with E-state index in [1.54, 1.807) is 7.11 Å². The highest BCUT2D eigenvalue weighted by atomic mass is 35.5. The quantitative estimate of drug-likeness (QED) is 0.487. The van der Waals surface area contributed by atoms with Gasteiger partial charge in [0, 0.05) is 23.4 Å². The molecule has 0 radical (unpaired) electrons. The number of halogens is 2. The summed E-state index contributed by atoms with van der Waals surface area (Å²) in [5.41, 5.74) is 8.90. The summed E-state index contributed by atoms with van der Waals surface area (Å²) in [6, 6.07) is 19.2. The first-order valence-electron chi connectivity index (χ1n) is 9.57. The summed E-state index contributed by atoms with van der Waals surface area (Å²) in [4.78, 5) is 4.94. The smallest absolute Gasteiger partial charge is 0.0708 e. The van der Waals surface area contributed by atoms with Crippen LogP contribution in [0.15, 0.2) is 54.6 Å². The minimum absolute atomic E-state index is 0. The fourth-order valence-electron chi connectivity index (χ4n) is 3.84. The van der Waals surface area contributed by atoms with Gasteiger partial charge in [-0.25, -0.2) is 0 Å². The van der Waals surface area contributed by atoms with Gasteiger partial charge >= 0.3 is 0 Å². The Balaban J connectivity index is 0.00000225. The van der Waals surface area contributed by atoms with Gasteiger partial charge in [-0.05, 0) is 72.6 Å². The first-order valence-corrected chi connectivity index (χ1v) is 9.95. The summed E-state index contributed by atoms with van der Waals surface area (Å²) in [5, 5.41) is 0.753. The number of hydrogen-bond acceptors (Lipinski definition) is 2. The monoisotopic (exact) mass is 413 g/mol. The van der Waals surface area contributed by atoms with Gasteiger partial charge in [-0.15, -0.1) is 12.4 Å². The number of nitrogens with zero attached hydrogens (tertiary/aromatic N) is 1. The average molecular weight is 414 g/mol. The molecule has 0 amide bonds. The maximum Gasteiger partial charge on any atom is 0.0708 e. The lowest BCUT2D eigenvalue weighted by Gasteiger charge is -2.12. The minimum Gasteiger partial charge on any atom is -0.384 e. The summed E-state index contributed by atoms with van der Waals surface area (Å²) in [5.74, 6) is 0. The Bertz CT molecular complexity index is 938. The van der Waals surface area contributed by atoms with Crippen molar-refractivity contribution in [1.29, 1.82) is 0 Å². The number of aryl methyl sites for hydroxylation is 1. The van der Waals surface area contributed by atoms with E-state index in [0.717, 1.165) is 48.6 Å². The highest BCUT2D eigenvalue weighted by Crippen LogP contribution is 2.31. The lowest BCUT2D eigenvalue weighted by molar-refractivity contribution is 0.202. The van der Waals surface area contributed by atoms with Crippen molar-refractivity contribution >= 4 is 24.0 Å². The first-order chi connectivity index (χ1) is 13.2. The molecule has 0 saturated carbocycles. The van der Waals surface area contributed by atoms with E-state index in [2.05, 4.69) is 36.4 Å². The number of methoxy groups -OCH3 is 1. The molecule has 0 bridgehead atoms. The van der Waals surface area contributed by atoms with Crippen LogP contribution in [-0.4, -0.2) is 18.7 Å². The molecule has 1 aromatic heterocycles. The van der Waals surface area contributed by atoms with Crippen LogP contribution in [0.2, 0.25) is 5.02 Å². The van der Waals surface area contributed by atoms with Gasteiger partial charge < -0.3 is 4.74 Å². The van der Waals surface area contributed by atoms with Gasteiger partial charge in [-0.1, -0.05) is 48.0 Å². The molecule has 0 spiro atoms. The molecule has 4 rings (SSSR count). The Hall–Kier alpha value is -1.87. The summed E-state index contributed by atoms with van der Waals surface area (Å²) in [6.45, 7) is 0.764. The van der Waals surface area contributed by atoms with Crippen molar-refractivity contribution in [2.75, 3.05) is 13.7 Å². The number of rotatable bonds is 6. The Morgan fingerprint density at radius 2 is 1.79 bits per heavy atom. The van der Waals surface area contributed by atoms with E-state index in [-0.39, 0.29) is 12.4 Å². The molecule has 4 heteroatoms. The van der Waals surface area contributed by atoms with Crippen molar-refractivity contribution in [3.8, 4) is 11.3 Å². The van der Waals surface area contributed by atoms with Gasteiger partial charge in [0.1, 0.15) is 0 Å². The number of hydrogen-bond donors (Lipinski definition) is 0. The zero-order valence-electron chi connectivity index (χ0n) is 16.1. The highest BCUT2D eigenvalue weighted by Gasteiger charge is 2.18. The molecular formula is C24H25Cl2NO. The van der Waals surface area contributed by atoms with Crippen LogP contribution in [0.25, 0.3) is 11.3 Å². The molecule has 0 N–H and O–H groups in total. The molecule has 0 fully saturated rings. The Morgan fingerprint density at radius 1 is 1.00 bits per heavy atom. The summed E-state index contributed by atoms with van der Waals surface area (Å²) in [7, 11) is 1.75. The van der Waals surface area contributed by atoms with Crippen LogP contribution < -0.4 is 0 Å². The lowest BCUT2D eigenvalue weighted by atomic mass is 9.96. The predicted octanol–water partition coefficient (Wildman–Crippen LogP) is 6.09. The standard InChI is InChI=1S/C24H24ClNO.ClH/c1-27-13-12-17-8-10-18(11-9-17)14-20-16-24(19-4-2-5-21(25)15-19)26-23-7-3-6-22(20)23;/h2,4-5,8-11,15-16H,3,6-7,12-14H2,1H3;1H. The number of fused-ring (bicyclic) bond motifs is 1. The molecule has 2 nitrogen and oxygen atoms in total. The van der Waals surface area contributed by atoms with E-state index in [4.69, 9.17) is 21.3 Å². The van der Waals surface area contributed by atoms with E-state index in [9.17, 15) is 0 Å². The number of aromatic nitrogens is 1. The van der Waals surface area contributed by atoms with Gasteiger partial charge in [0.15, 0.2) is 0 Å². The zero-order chi connectivity index (χ0) is 18.6. The van der Waals surface area contributed by atoms with Crippen molar-refractivity contribution in [2.45, 2.75) is 32.1 Å². The predicted molar refractivity (Wildman–Crippen MR) is 119 cm³/mol. The molecule has 28 heavy (non-hydrogen) atoms. The van der Waals surface area contributed by atoms with Crippen molar-refractivity contribution in [1.82, 2.24) is 4.98 Å². The first kappa shape index (κ1) is 20.9. The largest absolute Gasteiger partial charge is 0.384 e. The van der Waals surface area contributed by atoms with Crippen LogP contribution in [-0.2, 0) is 30.4 Å². The Kier molecular flexibility index (Phi) is 7.12. The second-order valence-corrected chi connectivity index (χ2v) is 7.63. The van der Waals surface area contributed by atoms with Crippen molar-refractivity contribution in [2.24, 2.45) is 0 Å². The second-order valence-electron chi connectivity index (χ2n) is 7.19. The zero-order valence-corrected chi connectivity index (χ0v) is 17.7. The van der Waals surface area contributed by atoms with Crippen LogP contribution in [0.3, 0.4) is 0 Å². The third-order valence-electron chi connectivity index (χ3n) is 5.28. The van der Waals surface area contributed by atoms with E-state index >= 15 is 0 Å². The minimum atomic E-state index is 0. The normalized spacial score (nSPS) is 12.5. The number of pyridine rings is 1. The molecular weight excluding hydrogens is 389 g/mol. The molecule has 1 aliphatic carbocycles. The van der Waals surface area contributed by atoms with Gasteiger partial charge in [0.05, 0.1) is 12.3 Å². The summed E-state index contributed by atoms with van der Waals surface area (Å²) >= 11 is 6.20. The van der Waals surface area contributed by atoms with Gasteiger partial charge in [-0.2, -0.15) is 0 Å². The van der Waals surface area contributed by atoms with E-state index in [1.165, 1.54) is 34.4 Å². The second kappa shape index (κ2) is 9.56. The van der Waals surface area contributed by atoms with Gasteiger partial charge in [-0.3, -0.25) is 4.98 Å². The van der Waals surface area contributed by atoms with Crippen LogP contribution >= 0.6 is 24.0 Å². The number of ether oxygens (including phenoxy) is 1. The van der Waals surface area contributed by atoms with Crippen LogP contribution in [0.4, 0.5) is 0 Å². The molecule has 0 saturated heterocycles. The van der Waals surface area contributed by atoms with E-state index in [1.807, 2.05) is 18.2 Å². The highest BCUT2D eigenvalue weighted by molar-refractivity contribution is 6.30. The van der Waals surface area contributed by atoms with Crippen molar-refractivity contribution < 1.29 is 4.74 Å². The number of benzene rings is 2. The molecule has 3 aromatic rings. The third-order valence-corrected chi connectivity index (χ3v) is 5.51. The molecule has 1 aliphatic rings. The fourth-order valence-corrected chi connectivity index (χ4v) is 4.03. The van der Waals surface area contributed by atoms with Gasteiger partial charge in [0.2, 0.25) is 0 Å². The van der Waals surface area contributed by atoms with Crippen LogP contribution in [0.1, 0.15) is 34.4 Å². The maximum atomic E-state index is 6.20. The molecule has 0 unspecified atom stereocenters. The van der Waals surface area contributed by atoms with E-state index < -0.39 is 0 Å². The summed E-state index contributed by atoms with van der Waals surface area (Å²) in [6.07, 6.45) is 5.32. The van der Waals surface area contributed by atoms with E-state index in [0.29, 0.717) is 0 Å². The Labute approximate surface area is 178 Å². The van der Waals surface area contributed by atoms with Crippen LogP contribution in [0.5, 0.6) is 0 Å². The average Bonchev–Trinajstić information content (AvgIpc) is 3.16. The third kappa shape index (κ3) is 4.75. The molecule has 1 heterocycles. The van der Waals surface area contributed by atoms with Gasteiger partial charge in [0.25, 0.3) is 0 Å². The fraction of sp³-hybridized carbons (Fsp3) is 0.292. The molecule has 0 atom stereocenters. The van der Waals surface area contributed by atoms with Crippen LogP contribution in [0, 0.1) is 0 Å². The van der Waals surface area contributed by atoms with Crippen molar-refractivity contribution in [3.05, 3.63) is 87.6 Å². The lowest BCUT2D eigenvalue weighted by Crippen LogP contribution is -2.00. The Morgan fingerprint density at radius 3 is 2.54 bits per heavy atom. The molecule has 2 aromatic carbocycles. The van der Waals surface area contributed by atoms with Crippen molar-refractivity contribution in [3.63, 3.8) is 0 Å². The topological polar surface area (TPSA) is 22.1 Å². The molecule has 0 aliphatic heterocycles. The SMILES string of the molecule is COCCc1ccc(Cc2cc(-c3cccc(Cl)c3)nc3c2CCC3)cc1.Cl. The summed E-state index contributed by atoms with van der Waals surface area (Å²) < 4.78 is 5.17. The molecule has 146 valence electrons. The maximum absolute atomic E-state index is 6.20.